The maximum atomic E-state index is 12.5. The Kier molecular flexibility index (Phi) is 5.16. The summed E-state index contributed by atoms with van der Waals surface area (Å²) in [4.78, 5) is 10.8. The van der Waals surface area contributed by atoms with Crippen LogP contribution in [0.3, 0.4) is 0 Å². The molecule has 0 radical (unpaired) electrons. The molecule has 140 valence electrons. The smallest absolute Gasteiger partial charge is 0.481 e. The Labute approximate surface area is 152 Å². The second-order valence-corrected chi connectivity index (χ2v) is 5.74. The van der Waals surface area contributed by atoms with E-state index in [0.717, 1.165) is 5.56 Å². The molecule has 0 aliphatic carbocycles. The number of hydrogen-bond donors (Lipinski definition) is 1. The number of alkyl halides is 3. The minimum Gasteiger partial charge on any atom is -0.481 e. The highest BCUT2D eigenvalue weighted by atomic mass is 19.4. The van der Waals surface area contributed by atoms with Crippen LogP contribution < -0.4 is 4.74 Å². The van der Waals surface area contributed by atoms with Gasteiger partial charge in [0.1, 0.15) is 5.75 Å². The van der Waals surface area contributed by atoms with Crippen LogP contribution in [0.1, 0.15) is 12.1 Å². The molecular weight excluding hydrogens is 361 g/mol. The number of aryl methyl sites for hydroxylation is 1. The maximum absolute atomic E-state index is 12.5. The highest BCUT2D eigenvalue weighted by Crippen LogP contribution is 2.28. The highest BCUT2D eigenvalue weighted by Gasteiger charge is 2.31. The number of aromatic nitrogens is 2. The molecule has 0 unspecified atom stereocenters. The summed E-state index contributed by atoms with van der Waals surface area (Å²) in [5, 5.41) is 13.3. The zero-order valence-electron chi connectivity index (χ0n) is 14.0. The minimum absolute atomic E-state index is 0.0948. The van der Waals surface area contributed by atoms with E-state index in [1.54, 1.807) is 12.1 Å². The molecule has 3 rings (SSSR count). The molecule has 2 aromatic carbocycles. The van der Waals surface area contributed by atoms with Crippen molar-refractivity contribution in [1.82, 2.24) is 9.78 Å². The Morgan fingerprint density at radius 3 is 2.48 bits per heavy atom. The molecule has 5 nitrogen and oxygen atoms in total. The van der Waals surface area contributed by atoms with E-state index in [2.05, 4.69) is 9.84 Å². The number of hydrogen-bond acceptors (Lipinski definition) is 3. The van der Waals surface area contributed by atoms with Gasteiger partial charge in [-0.05, 0) is 18.2 Å². The van der Waals surface area contributed by atoms with E-state index in [9.17, 15) is 18.0 Å². The van der Waals surface area contributed by atoms with Gasteiger partial charge in [0.2, 0.25) is 0 Å². The van der Waals surface area contributed by atoms with Crippen molar-refractivity contribution in [1.29, 1.82) is 0 Å². The van der Waals surface area contributed by atoms with Gasteiger partial charge < -0.3 is 9.84 Å². The molecule has 1 N–H and O–H groups in total. The van der Waals surface area contributed by atoms with Crippen LogP contribution in [0.15, 0.2) is 60.7 Å². The predicted octanol–water partition coefficient (Wildman–Crippen LogP) is 4.46. The summed E-state index contributed by atoms with van der Waals surface area (Å²) < 4.78 is 43.0. The SMILES string of the molecule is O=C(O)CCc1cc(-c2ccccc2)n(-c2cccc(OC(F)(F)F)c2)n1. The summed E-state index contributed by atoms with van der Waals surface area (Å²) >= 11 is 0. The number of carbonyl (C=O) groups is 1. The van der Waals surface area contributed by atoms with Gasteiger partial charge in [-0.25, -0.2) is 4.68 Å². The summed E-state index contributed by atoms with van der Waals surface area (Å²) in [6.45, 7) is 0. The fourth-order valence-corrected chi connectivity index (χ4v) is 2.61. The second kappa shape index (κ2) is 7.53. The largest absolute Gasteiger partial charge is 0.573 e. The number of rotatable bonds is 6. The van der Waals surface area contributed by atoms with Crippen molar-refractivity contribution in [2.24, 2.45) is 0 Å². The zero-order chi connectivity index (χ0) is 19.4. The molecule has 1 aromatic heterocycles. The number of nitrogens with zero attached hydrogens (tertiary/aromatic N) is 2. The zero-order valence-corrected chi connectivity index (χ0v) is 14.0. The van der Waals surface area contributed by atoms with Crippen molar-refractivity contribution >= 4 is 5.97 Å². The van der Waals surface area contributed by atoms with E-state index >= 15 is 0 Å². The molecule has 0 aliphatic rings. The van der Waals surface area contributed by atoms with Gasteiger partial charge in [0.25, 0.3) is 0 Å². The Balaban J connectivity index is 2.03. The highest BCUT2D eigenvalue weighted by molar-refractivity contribution is 5.67. The lowest BCUT2D eigenvalue weighted by molar-refractivity contribution is -0.274. The van der Waals surface area contributed by atoms with Crippen LogP contribution in [0, 0.1) is 0 Å². The van der Waals surface area contributed by atoms with Gasteiger partial charge in [-0.15, -0.1) is 13.2 Å². The molecule has 0 bridgehead atoms. The monoisotopic (exact) mass is 376 g/mol. The van der Waals surface area contributed by atoms with Crippen LogP contribution in [-0.2, 0) is 11.2 Å². The lowest BCUT2D eigenvalue weighted by Crippen LogP contribution is -2.17. The van der Waals surface area contributed by atoms with Gasteiger partial charge in [0.05, 0.1) is 23.5 Å². The lowest BCUT2D eigenvalue weighted by Gasteiger charge is -2.12. The molecule has 1 heterocycles. The van der Waals surface area contributed by atoms with Crippen molar-refractivity contribution in [3.63, 3.8) is 0 Å². The summed E-state index contributed by atoms with van der Waals surface area (Å²) in [6.07, 6.45) is -4.68. The van der Waals surface area contributed by atoms with Crippen LogP contribution in [0.25, 0.3) is 16.9 Å². The number of carboxylic acids is 1. The quantitative estimate of drug-likeness (QED) is 0.690. The first kappa shape index (κ1) is 18.5. The maximum Gasteiger partial charge on any atom is 0.573 e. The normalized spacial score (nSPS) is 11.4. The van der Waals surface area contributed by atoms with E-state index in [-0.39, 0.29) is 18.6 Å². The summed E-state index contributed by atoms with van der Waals surface area (Å²) in [6, 6.07) is 16.4. The van der Waals surface area contributed by atoms with Gasteiger partial charge in [-0.2, -0.15) is 5.10 Å². The molecule has 0 atom stereocenters. The van der Waals surface area contributed by atoms with E-state index < -0.39 is 12.3 Å². The van der Waals surface area contributed by atoms with Gasteiger partial charge in [0, 0.05) is 18.1 Å². The van der Waals surface area contributed by atoms with E-state index in [0.29, 0.717) is 17.1 Å². The Morgan fingerprint density at radius 2 is 1.81 bits per heavy atom. The molecular formula is C19H15F3N2O3. The van der Waals surface area contributed by atoms with Crippen LogP contribution in [0.2, 0.25) is 0 Å². The van der Waals surface area contributed by atoms with Crippen LogP contribution in [0.4, 0.5) is 13.2 Å². The van der Waals surface area contributed by atoms with Crippen molar-refractivity contribution < 1.29 is 27.8 Å². The first-order chi connectivity index (χ1) is 12.8. The Bertz CT molecular complexity index is 937. The third kappa shape index (κ3) is 4.87. The molecule has 0 spiro atoms. The summed E-state index contributed by atoms with van der Waals surface area (Å²) in [5.74, 6) is -1.31. The third-order valence-electron chi connectivity index (χ3n) is 3.72. The summed E-state index contributed by atoms with van der Waals surface area (Å²) in [5.41, 5.74) is 2.34. The van der Waals surface area contributed by atoms with E-state index in [1.165, 1.54) is 22.9 Å². The van der Waals surface area contributed by atoms with Crippen molar-refractivity contribution in [2.45, 2.75) is 19.2 Å². The Hall–Kier alpha value is -3.29. The molecule has 0 amide bonds. The topological polar surface area (TPSA) is 64.3 Å². The summed E-state index contributed by atoms with van der Waals surface area (Å²) in [7, 11) is 0. The molecule has 3 aromatic rings. The molecule has 0 saturated carbocycles. The van der Waals surface area contributed by atoms with Crippen molar-refractivity contribution in [2.75, 3.05) is 0 Å². The minimum atomic E-state index is -4.79. The van der Waals surface area contributed by atoms with E-state index in [4.69, 9.17) is 5.11 Å². The predicted molar refractivity (Wildman–Crippen MR) is 91.6 cm³/mol. The fourth-order valence-electron chi connectivity index (χ4n) is 2.61. The molecule has 27 heavy (non-hydrogen) atoms. The average Bonchev–Trinajstić information content (AvgIpc) is 3.04. The standard InChI is InChI=1S/C19H15F3N2O3/c20-19(21,22)27-16-8-4-7-15(12-16)24-17(13-5-2-1-3-6-13)11-14(23-24)9-10-18(25)26/h1-8,11-12H,9-10H2,(H,25,26). The Morgan fingerprint density at radius 1 is 1.07 bits per heavy atom. The van der Waals surface area contributed by atoms with Gasteiger partial charge in [-0.3, -0.25) is 4.79 Å². The third-order valence-corrected chi connectivity index (χ3v) is 3.72. The first-order valence-corrected chi connectivity index (χ1v) is 8.04. The lowest BCUT2D eigenvalue weighted by atomic mass is 10.1. The van der Waals surface area contributed by atoms with Gasteiger partial charge >= 0.3 is 12.3 Å². The fraction of sp³-hybridized carbons (Fsp3) is 0.158. The van der Waals surface area contributed by atoms with Crippen LogP contribution in [-0.4, -0.2) is 27.2 Å². The second-order valence-electron chi connectivity index (χ2n) is 5.74. The molecule has 0 saturated heterocycles. The number of benzene rings is 2. The van der Waals surface area contributed by atoms with Gasteiger partial charge in [-0.1, -0.05) is 36.4 Å². The van der Waals surface area contributed by atoms with E-state index in [1.807, 2.05) is 30.3 Å². The average molecular weight is 376 g/mol. The number of ether oxygens (including phenoxy) is 1. The number of aliphatic carboxylic acids is 1. The van der Waals surface area contributed by atoms with Crippen molar-refractivity contribution in [3.05, 3.63) is 66.4 Å². The van der Waals surface area contributed by atoms with Crippen molar-refractivity contribution in [3.8, 4) is 22.7 Å². The first-order valence-electron chi connectivity index (χ1n) is 8.04. The number of carboxylic acid groups (broad SMARTS) is 1. The molecule has 0 aliphatic heterocycles. The molecule has 8 heteroatoms. The molecule has 0 fully saturated rings. The van der Waals surface area contributed by atoms with Crippen LogP contribution in [0.5, 0.6) is 5.75 Å². The number of halogens is 3. The van der Waals surface area contributed by atoms with Gasteiger partial charge in [0.15, 0.2) is 0 Å². The van der Waals surface area contributed by atoms with Crippen LogP contribution >= 0.6 is 0 Å².